The van der Waals surface area contributed by atoms with Crippen molar-refractivity contribution in [1.29, 1.82) is 0 Å². The predicted molar refractivity (Wildman–Crippen MR) is 56.0 cm³/mol. The third-order valence-corrected chi connectivity index (χ3v) is 2.87. The zero-order valence-corrected chi connectivity index (χ0v) is 9.01. The summed E-state index contributed by atoms with van der Waals surface area (Å²) in [6.45, 7) is 3.02. The molecule has 3 nitrogen and oxygen atoms in total. The fourth-order valence-corrected chi connectivity index (χ4v) is 1.82. The summed E-state index contributed by atoms with van der Waals surface area (Å²) in [6.07, 6.45) is 5.71. The minimum atomic E-state index is -0.762. The molecule has 0 bridgehead atoms. The SMILES string of the molecule is CCCCCNC1(O)CCC(=O)CC1. The van der Waals surface area contributed by atoms with Crippen LogP contribution in [0.4, 0.5) is 0 Å². The fraction of sp³-hybridized carbons (Fsp3) is 0.909. The van der Waals surface area contributed by atoms with Crippen molar-refractivity contribution in [3.8, 4) is 0 Å². The Labute approximate surface area is 85.9 Å². The van der Waals surface area contributed by atoms with Crippen LogP contribution < -0.4 is 5.32 Å². The number of ketones is 1. The highest BCUT2D eigenvalue weighted by Gasteiger charge is 2.31. The van der Waals surface area contributed by atoms with Crippen LogP contribution in [0.1, 0.15) is 51.9 Å². The predicted octanol–water partition coefficient (Wildman–Crippen LogP) is 1.60. The van der Waals surface area contributed by atoms with Crippen LogP contribution in [0.25, 0.3) is 0 Å². The summed E-state index contributed by atoms with van der Waals surface area (Å²) in [5.74, 6) is 0.282. The first-order chi connectivity index (χ1) is 6.66. The number of aliphatic hydroxyl groups is 1. The smallest absolute Gasteiger partial charge is 0.133 e. The van der Waals surface area contributed by atoms with E-state index >= 15 is 0 Å². The van der Waals surface area contributed by atoms with Crippen molar-refractivity contribution in [2.24, 2.45) is 0 Å². The van der Waals surface area contributed by atoms with Crippen molar-refractivity contribution >= 4 is 5.78 Å². The van der Waals surface area contributed by atoms with Crippen LogP contribution >= 0.6 is 0 Å². The maximum absolute atomic E-state index is 11.0. The highest BCUT2D eigenvalue weighted by atomic mass is 16.3. The van der Waals surface area contributed by atoms with Gasteiger partial charge in [-0.3, -0.25) is 10.1 Å². The van der Waals surface area contributed by atoms with Gasteiger partial charge < -0.3 is 5.11 Å². The summed E-state index contributed by atoms with van der Waals surface area (Å²) in [4.78, 5) is 11.0. The monoisotopic (exact) mass is 199 g/mol. The maximum Gasteiger partial charge on any atom is 0.133 e. The van der Waals surface area contributed by atoms with E-state index in [2.05, 4.69) is 12.2 Å². The van der Waals surface area contributed by atoms with Gasteiger partial charge in [0, 0.05) is 12.8 Å². The molecule has 1 rings (SSSR count). The molecule has 1 aliphatic carbocycles. The van der Waals surface area contributed by atoms with Crippen molar-refractivity contribution in [2.75, 3.05) is 6.54 Å². The number of nitrogens with one attached hydrogen (secondary N) is 1. The number of carbonyl (C=O) groups excluding carboxylic acids is 1. The summed E-state index contributed by atoms with van der Waals surface area (Å²) in [7, 11) is 0. The molecule has 1 saturated carbocycles. The van der Waals surface area contributed by atoms with Gasteiger partial charge in [0.05, 0.1) is 0 Å². The van der Waals surface area contributed by atoms with Crippen molar-refractivity contribution in [1.82, 2.24) is 5.32 Å². The molecule has 0 heterocycles. The number of carbonyl (C=O) groups is 1. The van der Waals surface area contributed by atoms with Gasteiger partial charge in [-0.05, 0) is 25.8 Å². The van der Waals surface area contributed by atoms with Gasteiger partial charge in [0.1, 0.15) is 11.5 Å². The summed E-state index contributed by atoms with van der Waals surface area (Å²) in [5.41, 5.74) is -0.762. The average molecular weight is 199 g/mol. The molecule has 82 valence electrons. The molecule has 0 atom stereocenters. The molecule has 0 aliphatic heterocycles. The van der Waals surface area contributed by atoms with Crippen LogP contribution in [0.3, 0.4) is 0 Å². The zero-order chi connectivity index (χ0) is 10.4. The molecule has 2 N–H and O–H groups in total. The first-order valence-electron chi connectivity index (χ1n) is 5.65. The van der Waals surface area contributed by atoms with E-state index in [4.69, 9.17) is 0 Å². The van der Waals surface area contributed by atoms with Crippen LogP contribution in [0.15, 0.2) is 0 Å². The lowest BCUT2D eigenvalue weighted by Gasteiger charge is -2.32. The molecule has 0 unspecified atom stereocenters. The molecule has 0 saturated heterocycles. The first-order valence-corrected chi connectivity index (χ1v) is 5.65. The minimum Gasteiger partial charge on any atom is -0.376 e. The van der Waals surface area contributed by atoms with Gasteiger partial charge in [0.2, 0.25) is 0 Å². The Morgan fingerprint density at radius 1 is 1.36 bits per heavy atom. The van der Waals surface area contributed by atoms with Gasteiger partial charge in [-0.15, -0.1) is 0 Å². The van der Waals surface area contributed by atoms with Crippen LogP contribution in [-0.2, 0) is 4.79 Å². The quantitative estimate of drug-likeness (QED) is 0.522. The Bertz CT molecular complexity index is 182. The van der Waals surface area contributed by atoms with E-state index in [1.165, 1.54) is 12.8 Å². The molecule has 1 fully saturated rings. The minimum absolute atomic E-state index is 0.282. The molecule has 0 aromatic carbocycles. The number of rotatable bonds is 5. The lowest BCUT2D eigenvalue weighted by atomic mass is 9.91. The molecule has 0 radical (unpaired) electrons. The van der Waals surface area contributed by atoms with E-state index < -0.39 is 5.72 Å². The molecule has 3 heteroatoms. The van der Waals surface area contributed by atoms with Crippen molar-refractivity contribution in [2.45, 2.75) is 57.6 Å². The Hall–Kier alpha value is -0.410. The van der Waals surface area contributed by atoms with E-state index in [9.17, 15) is 9.90 Å². The summed E-state index contributed by atoms with van der Waals surface area (Å²) in [6, 6.07) is 0. The fourth-order valence-electron chi connectivity index (χ4n) is 1.82. The number of hydrogen-bond acceptors (Lipinski definition) is 3. The van der Waals surface area contributed by atoms with E-state index in [0.29, 0.717) is 25.7 Å². The van der Waals surface area contributed by atoms with Crippen molar-refractivity contribution < 1.29 is 9.90 Å². The standard InChI is InChI=1S/C11H21NO2/c1-2-3-4-9-12-11(14)7-5-10(13)6-8-11/h12,14H,2-9H2,1H3. The van der Waals surface area contributed by atoms with Crippen LogP contribution in [0, 0.1) is 0 Å². The summed E-state index contributed by atoms with van der Waals surface area (Å²) < 4.78 is 0. The molecule has 0 aromatic heterocycles. The number of Topliss-reactive ketones (excluding diaryl/α,β-unsaturated/α-hetero) is 1. The van der Waals surface area contributed by atoms with Crippen molar-refractivity contribution in [3.63, 3.8) is 0 Å². The third-order valence-electron chi connectivity index (χ3n) is 2.87. The van der Waals surface area contributed by atoms with Gasteiger partial charge in [0.15, 0.2) is 0 Å². The normalized spacial score (nSPS) is 21.1. The van der Waals surface area contributed by atoms with Gasteiger partial charge in [-0.1, -0.05) is 19.8 Å². The Morgan fingerprint density at radius 2 is 2.00 bits per heavy atom. The highest BCUT2D eigenvalue weighted by molar-refractivity contribution is 5.79. The van der Waals surface area contributed by atoms with E-state index in [1.54, 1.807) is 0 Å². The molecule has 0 spiro atoms. The summed E-state index contributed by atoms with van der Waals surface area (Å²) >= 11 is 0. The lowest BCUT2D eigenvalue weighted by Crippen LogP contribution is -2.48. The Kier molecular flexibility index (Phi) is 4.55. The summed E-state index contributed by atoms with van der Waals surface area (Å²) in [5, 5.41) is 13.2. The second kappa shape index (κ2) is 5.47. The van der Waals surface area contributed by atoms with Gasteiger partial charge >= 0.3 is 0 Å². The van der Waals surface area contributed by atoms with Crippen LogP contribution in [-0.4, -0.2) is 23.2 Å². The molecular weight excluding hydrogens is 178 g/mol. The molecule has 0 aromatic rings. The van der Waals surface area contributed by atoms with Crippen molar-refractivity contribution in [3.05, 3.63) is 0 Å². The maximum atomic E-state index is 11.0. The molecule has 14 heavy (non-hydrogen) atoms. The molecule has 1 aliphatic rings. The molecule has 0 amide bonds. The van der Waals surface area contributed by atoms with E-state index in [0.717, 1.165) is 13.0 Å². The second-order valence-corrected chi connectivity index (χ2v) is 4.20. The third kappa shape index (κ3) is 3.76. The number of hydrogen-bond donors (Lipinski definition) is 2. The van der Waals surface area contributed by atoms with Gasteiger partial charge in [-0.2, -0.15) is 0 Å². The first kappa shape index (κ1) is 11.7. The zero-order valence-electron chi connectivity index (χ0n) is 9.01. The largest absolute Gasteiger partial charge is 0.376 e. The average Bonchev–Trinajstić information content (AvgIpc) is 2.18. The van der Waals surface area contributed by atoms with E-state index in [-0.39, 0.29) is 5.78 Å². The van der Waals surface area contributed by atoms with Gasteiger partial charge in [-0.25, -0.2) is 0 Å². The lowest BCUT2D eigenvalue weighted by molar-refractivity contribution is -0.127. The molecular formula is C11H21NO2. The van der Waals surface area contributed by atoms with Crippen LogP contribution in [0.5, 0.6) is 0 Å². The highest BCUT2D eigenvalue weighted by Crippen LogP contribution is 2.23. The second-order valence-electron chi connectivity index (χ2n) is 4.20. The van der Waals surface area contributed by atoms with E-state index in [1.807, 2.05) is 0 Å². The Morgan fingerprint density at radius 3 is 2.57 bits per heavy atom. The number of unbranched alkanes of at least 4 members (excludes halogenated alkanes) is 2. The Balaban J connectivity index is 2.18. The van der Waals surface area contributed by atoms with Crippen LogP contribution in [0.2, 0.25) is 0 Å². The topological polar surface area (TPSA) is 49.3 Å². The van der Waals surface area contributed by atoms with Gasteiger partial charge in [0.25, 0.3) is 0 Å².